The van der Waals surface area contributed by atoms with Crippen molar-refractivity contribution in [2.75, 3.05) is 18.0 Å². The second kappa shape index (κ2) is 6.64. The number of anilines is 1. The van der Waals surface area contributed by atoms with Crippen molar-refractivity contribution in [1.29, 1.82) is 0 Å². The zero-order valence-electron chi connectivity index (χ0n) is 13.6. The minimum atomic E-state index is -0.137. The highest BCUT2D eigenvalue weighted by Gasteiger charge is 2.35. The highest BCUT2D eigenvalue weighted by atomic mass is 32.1. The fourth-order valence-corrected chi connectivity index (χ4v) is 4.81. The monoisotopic (exact) mass is 345 g/mol. The van der Waals surface area contributed by atoms with Crippen molar-refractivity contribution in [1.82, 2.24) is 15.3 Å². The Labute approximate surface area is 145 Å². The van der Waals surface area contributed by atoms with Gasteiger partial charge in [-0.25, -0.2) is 9.97 Å². The summed E-state index contributed by atoms with van der Waals surface area (Å²) in [6.45, 7) is 1.52. The van der Waals surface area contributed by atoms with E-state index >= 15 is 0 Å². The Kier molecular flexibility index (Phi) is 4.37. The van der Waals surface area contributed by atoms with Gasteiger partial charge in [0, 0.05) is 12.6 Å². The molecule has 3 atom stereocenters. The maximum atomic E-state index is 12.9. The minimum absolute atomic E-state index is 0.125. The normalized spacial score (nSPS) is 27.0. The Morgan fingerprint density at radius 1 is 1.33 bits per heavy atom. The van der Waals surface area contributed by atoms with Crippen LogP contribution in [0.3, 0.4) is 0 Å². The van der Waals surface area contributed by atoms with E-state index in [0.29, 0.717) is 12.5 Å². The maximum Gasteiger partial charge on any atom is 0.242 e. The summed E-state index contributed by atoms with van der Waals surface area (Å²) in [7, 11) is 0. The molecule has 1 amide bonds. The van der Waals surface area contributed by atoms with Gasteiger partial charge >= 0.3 is 0 Å². The Hall–Kier alpha value is -1.73. The van der Waals surface area contributed by atoms with Crippen molar-refractivity contribution in [3.8, 4) is 0 Å². The molecule has 3 unspecified atom stereocenters. The van der Waals surface area contributed by atoms with Crippen LogP contribution in [-0.4, -0.2) is 41.0 Å². The second-order valence-corrected chi connectivity index (χ2v) is 7.62. The van der Waals surface area contributed by atoms with Gasteiger partial charge in [0.05, 0.1) is 5.39 Å². The Bertz CT molecular complexity index is 733. The van der Waals surface area contributed by atoms with E-state index in [2.05, 4.69) is 20.2 Å². The molecule has 1 aliphatic heterocycles. The lowest BCUT2D eigenvalue weighted by Gasteiger charge is -2.28. The third-order valence-corrected chi connectivity index (χ3v) is 6.18. The summed E-state index contributed by atoms with van der Waals surface area (Å²) in [5, 5.41) is 6.33. The summed E-state index contributed by atoms with van der Waals surface area (Å²) >= 11 is 1.61. The number of thiophene rings is 1. The molecule has 2 aromatic rings. The van der Waals surface area contributed by atoms with E-state index < -0.39 is 0 Å². The summed E-state index contributed by atoms with van der Waals surface area (Å²) in [4.78, 5) is 24.8. The van der Waals surface area contributed by atoms with Gasteiger partial charge in [0.1, 0.15) is 23.0 Å². The predicted molar refractivity (Wildman–Crippen MR) is 96.1 cm³/mol. The summed E-state index contributed by atoms with van der Waals surface area (Å²) in [5.74, 6) is 1.44. The van der Waals surface area contributed by atoms with Crippen molar-refractivity contribution >= 4 is 33.3 Å². The summed E-state index contributed by atoms with van der Waals surface area (Å²) < 4.78 is 0. The van der Waals surface area contributed by atoms with E-state index in [1.807, 2.05) is 11.4 Å². The molecule has 3 heterocycles. The smallest absolute Gasteiger partial charge is 0.242 e. The van der Waals surface area contributed by atoms with Crippen LogP contribution in [0.2, 0.25) is 0 Å². The van der Waals surface area contributed by atoms with Crippen molar-refractivity contribution in [3.05, 3.63) is 17.8 Å². The summed E-state index contributed by atoms with van der Waals surface area (Å²) in [6.07, 6.45) is 6.81. The lowest BCUT2D eigenvalue weighted by Crippen LogP contribution is -2.49. The van der Waals surface area contributed by atoms with Crippen molar-refractivity contribution in [2.45, 2.75) is 44.2 Å². The molecule has 2 fully saturated rings. The molecular formula is C17H23N5OS. The first-order chi connectivity index (χ1) is 11.8. The molecule has 6 nitrogen and oxygen atoms in total. The fraction of sp³-hybridized carbons (Fsp3) is 0.588. The van der Waals surface area contributed by atoms with Gasteiger partial charge in [0.25, 0.3) is 0 Å². The number of amides is 1. The first-order valence-corrected chi connectivity index (χ1v) is 9.61. The van der Waals surface area contributed by atoms with Crippen molar-refractivity contribution < 1.29 is 4.79 Å². The number of fused-ring (bicyclic) bond motifs is 1. The van der Waals surface area contributed by atoms with Crippen LogP contribution >= 0.6 is 11.3 Å². The number of hydrogen-bond donors (Lipinski definition) is 2. The van der Waals surface area contributed by atoms with Gasteiger partial charge in [-0.3, -0.25) is 4.79 Å². The number of nitrogens with zero attached hydrogens (tertiary/aromatic N) is 3. The van der Waals surface area contributed by atoms with Crippen LogP contribution in [0.25, 0.3) is 10.2 Å². The van der Waals surface area contributed by atoms with Crippen LogP contribution < -0.4 is 16.0 Å². The zero-order valence-corrected chi connectivity index (χ0v) is 14.5. The number of carbonyl (C=O) groups is 1. The SMILES string of the molecule is NCC1CCCC1NC(=O)C1CCCN1c1ncnc2sccc12. The van der Waals surface area contributed by atoms with Gasteiger partial charge in [-0.05, 0) is 49.6 Å². The number of hydrogen-bond acceptors (Lipinski definition) is 6. The lowest BCUT2D eigenvalue weighted by atomic mass is 10.0. The van der Waals surface area contributed by atoms with Gasteiger partial charge in [-0.1, -0.05) is 6.42 Å². The van der Waals surface area contributed by atoms with Gasteiger partial charge in [-0.15, -0.1) is 11.3 Å². The van der Waals surface area contributed by atoms with Gasteiger partial charge in [0.15, 0.2) is 0 Å². The molecule has 0 radical (unpaired) electrons. The molecule has 1 saturated carbocycles. The standard InChI is InChI=1S/C17H23N5OS/c18-9-11-3-1-4-13(11)21-16(23)14-5-2-7-22(14)15-12-6-8-24-17(12)20-10-19-15/h6,8,10-11,13-14H,1-5,7,9,18H2,(H,21,23). The Morgan fingerprint density at radius 2 is 2.25 bits per heavy atom. The third kappa shape index (κ3) is 2.75. The molecular weight excluding hydrogens is 322 g/mol. The molecule has 24 heavy (non-hydrogen) atoms. The fourth-order valence-electron chi connectivity index (χ4n) is 4.09. The van der Waals surface area contributed by atoms with E-state index in [1.54, 1.807) is 17.7 Å². The largest absolute Gasteiger partial charge is 0.351 e. The van der Waals surface area contributed by atoms with Crippen molar-refractivity contribution in [2.24, 2.45) is 11.7 Å². The maximum absolute atomic E-state index is 12.9. The molecule has 0 aromatic carbocycles. The van der Waals surface area contributed by atoms with E-state index in [9.17, 15) is 4.79 Å². The first-order valence-electron chi connectivity index (χ1n) is 8.73. The average molecular weight is 345 g/mol. The summed E-state index contributed by atoms with van der Waals surface area (Å²) in [6, 6.07) is 2.14. The lowest BCUT2D eigenvalue weighted by molar-refractivity contribution is -0.123. The molecule has 128 valence electrons. The van der Waals surface area contributed by atoms with Crippen molar-refractivity contribution in [3.63, 3.8) is 0 Å². The molecule has 4 rings (SSSR count). The number of nitrogens with two attached hydrogens (primary N) is 1. The summed E-state index contributed by atoms with van der Waals surface area (Å²) in [5.41, 5.74) is 5.84. The molecule has 2 aromatic heterocycles. The van der Waals surface area contributed by atoms with Gasteiger partial charge < -0.3 is 16.0 Å². The zero-order chi connectivity index (χ0) is 16.5. The van der Waals surface area contributed by atoms with E-state index in [0.717, 1.165) is 54.7 Å². The average Bonchev–Trinajstić information content (AvgIpc) is 3.33. The van der Waals surface area contributed by atoms with E-state index in [1.165, 1.54) is 0 Å². The highest BCUT2D eigenvalue weighted by Crippen LogP contribution is 2.32. The molecule has 1 saturated heterocycles. The van der Waals surface area contributed by atoms with Crippen LogP contribution in [0, 0.1) is 5.92 Å². The van der Waals surface area contributed by atoms with E-state index in [4.69, 9.17) is 5.73 Å². The Balaban J connectivity index is 1.54. The molecule has 0 bridgehead atoms. The minimum Gasteiger partial charge on any atom is -0.351 e. The highest BCUT2D eigenvalue weighted by molar-refractivity contribution is 7.16. The second-order valence-electron chi connectivity index (χ2n) is 6.73. The number of carbonyl (C=O) groups excluding carboxylic acids is 1. The topological polar surface area (TPSA) is 84.1 Å². The molecule has 7 heteroatoms. The predicted octanol–water partition coefficient (Wildman–Crippen LogP) is 1.90. The van der Waals surface area contributed by atoms with Gasteiger partial charge in [0.2, 0.25) is 5.91 Å². The van der Waals surface area contributed by atoms with Crippen LogP contribution in [0.15, 0.2) is 17.8 Å². The molecule has 0 spiro atoms. The molecule has 3 N–H and O–H groups in total. The third-order valence-electron chi connectivity index (χ3n) is 5.36. The van der Waals surface area contributed by atoms with E-state index in [-0.39, 0.29) is 18.0 Å². The molecule has 2 aliphatic rings. The number of nitrogens with one attached hydrogen (secondary N) is 1. The van der Waals surface area contributed by atoms with Gasteiger partial charge in [-0.2, -0.15) is 0 Å². The number of aromatic nitrogens is 2. The first kappa shape index (κ1) is 15.8. The number of rotatable bonds is 4. The van der Waals surface area contributed by atoms with Crippen LogP contribution in [0.1, 0.15) is 32.1 Å². The van der Waals surface area contributed by atoms with Crippen LogP contribution in [-0.2, 0) is 4.79 Å². The molecule has 1 aliphatic carbocycles. The van der Waals surface area contributed by atoms with Crippen LogP contribution in [0.5, 0.6) is 0 Å². The Morgan fingerprint density at radius 3 is 3.12 bits per heavy atom. The van der Waals surface area contributed by atoms with Crippen LogP contribution in [0.4, 0.5) is 5.82 Å². The quantitative estimate of drug-likeness (QED) is 0.884.